The summed E-state index contributed by atoms with van der Waals surface area (Å²) < 4.78 is 13.2. The average molecular weight is 374 g/mol. The Morgan fingerprint density at radius 1 is 1.04 bits per heavy atom. The van der Waals surface area contributed by atoms with Crippen molar-refractivity contribution in [3.05, 3.63) is 89.9 Å². The van der Waals surface area contributed by atoms with E-state index in [1.54, 1.807) is 36.9 Å². The first-order valence-electron chi connectivity index (χ1n) is 9.04. The molecule has 0 aliphatic heterocycles. The van der Waals surface area contributed by atoms with Crippen LogP contribution in [-0.2, 0) is 12.8 Å². The molecular weight excluding hydrogens is 355 g/mol. The second-order valence-corrected chi connectivity index (χ2v) is 6.68. The van der Waals surface area contributed by atoms with Crippen LogP contribution in [0.3, 0.4) is 0 Å². The first-order chi connectivity index (χ1) is 13.7. The molecule has 0 fully saturated rings. The van der Waals surface area contributed by atoms with Crippen LogP contribution in [0.15, 0.2) is 61.3 Å². The Hall–Kier alpha value is -3.48. The summed E-state index contributed by atoms with van der Waals surface area (Å²) in [6, 6.07) is 8.52. The third kappa shape index (κ3) is 4.25. The third-order valence-electron chi connectivity index (χ3n) is 4.53. The number of nitrogens with one attached hydrogen (secondary N) is 1. The molecule has 1 aromatic carbocycles. The lowest BCUT2D eigenvalue weighted by atomic mass is 9.97. The lowest BCUT2D eigenvalue weighted by Gasteiger charge is -2.13. The molecular formula is C21H19FN6. The smallest absolute Gasteiger partial charge is 0.129 e. The molecule has 3 heterocycles. The number of nitrogens with zero attached hydrogens (tertiary/aromatic N) is 5. The van der Waals surface area contributed by atoms with Gasteiger partial charge in [-0.25, -0.2) is 14.4 Å². The number of hydrogen-bond donors (Lipinski definition) is 1. The summed E-state index contributed by atoms with van der Waals surface area (Å²) in [5.41, 5.74) is 4.47. The van der Waals surface area contributed by atoms with Crippen molar-refractivity contribution in [1.29, 1.82) is 0 Å². The van der Waals surface area contributed by atoms with Gasteiger partial charge in [-0.1, -0.05) is 19.1 Å². The second kappa shape index (κ2) is 8.04. The van der Waals surface area contributed by atoms with Gasteiger partial charge in [-0.15, -0.1) is 0 Å². The lowest BCUT2D eigenvalue weighted by Crippen LogP contribution is -2.07. The van der Waals surface area contributed by atoms with Crippen LogP contribution in [0.5, 0.6) is 0 Å². The van der Waals surface area contributed by atoms with Crippen LogP contribution in [-0.4, -0.2) is 30.1 Å². The van der Waals surface area contributed by atoms with Gasteiger partial charge in [-0.3, -0.25) is 15.1 Å². The molecule has 0 spiro atoms. The predicted octanol–water partition coefficient (Wildman–Crippen LogP) is 3.73. The molecule has 0 saturated heterocycles. The zero-order valence-electron chi connectivity index (χ0n) is 15.4. The summed E-state index contributed by atoms with van der Waals surface area (Å²) in [7, 11) is 0. The number of H-pyrrole nitrogens is 1. The summed E-state index contributed by atoms with van der Waals surface area (Å²) in [5.74, 6) is 0.652. The van der Waals surface area contributed by atoms with E-state index < -0.39 is 0 Å². The minimum absolute atomic E-state index is 0.157. The topological polar surface area (TPSA) is 80.2 Å². The van der Waals surface area contributed by atoms with Gasteiger partial charge in [0.25, 0.3) is 0 Å². The van der Waals surface area contributed by atoms with Crippen molar-refractivity contribution in [1.82, 2.24) is 30.1 Å². The Morgan fingerprint density at radius 3 is 2.61 bits per heavy atom. The Bertz CT molecular complexity index is 1030. The highest BCUT2D eigenvalue weighted by atomic mass is 19.1. The normalized spacial score (nSPS) is 12.1. The van der Waals surface area contributed by atoms with Gasteiger partial charge in [0.2, 0.25) is 0 Å². The standard InChI is InChI=1S/C21H19FN6/c1-14(15-2-4-17(22)5-3-15)8-21-27-18(9-19-13-23-6-7-24-19)10-20(28-21)16-11-25-26-12-16/h2-7,10-14H,8-9H2,1H3,(H,25,26)/t14-/m1/s1. The second-order valence-electron chi connectivity index (χ2n) is 6.68. The summed E-state index contributed by atoms with van der Waals surface area (Å²) >= 11 is 0. The number of rotatable bonds is 6. The van der Waals surface area contributed by atoms with Crippen molar-refractivity contribution >= 4 is 0 Å². The van der Waals surface area contributed by atoms with Crippen molar-refractivity contribution in [2.45, 2.75) is 25.7 Å². The largest absolute Gasteiger partial charge is 0.285 e. The molecule has 4 rings (SSSR count). The fourth-order valence-electron chi connectivity index (χ4n) is 3.06. The van der Waals surface area contributed by atoms with Crippen LogP contribution < -0.4 is 0 Å². The lowest BCUT2D eigenvalue weighted by molar-refractivity contribution is 0.624. The van der Waals surface area contributed by atoms with Gasteiger partial charge in [0.1, 0.15) is 11.6 Å². The average Bonchev–Trinajstić information content (AvgIpc) is 3.24. The van der Waals surface area contributed by atoms with E-state index in [2.05, 4.69) is 27.1 Å². The maximum absolute atomic E-state index is 13.2. The fourth-order valence-corrected chi connectivity index (χ4v) is 3.06. The summed E-state index contributed by atoms with van der Waals surface area (Å²) in [6.07, 6.45) is 9.81. The van der Waals surface area contributed by atoms with Crippen molar-refractivity contribution in [3.8, 4) is 11.3 Å². The summed E-state index contributed by atoms with van der Waals surface area (Å²) in [6.45, 7) is 2.09. The molecule has 0 amide bonds. The first-order valence-corrected chi connectivity index (χ1v) is 9.04. The molecule has 7 heteroatoms. The minimum Gasteiger partial charge on any atom is -0.285 e. The van der Waals surface area contributed by atoms with Gasteiger partial charge >= 0.3 is 0 Å². The van der Waals surface area contributed by atoms with E-state index >= 15 is 0 Å². The molecule has 1 N–H and O–H groups in total. The highest BCUT2D eigenvalue weighted by Gasteiger charge is 2.13. The van der Waals surface area contributed by atoms with E-state index in [4.69, 9.17) is 9.97 Å². The zero-order valence-corrected chi connectivity index (χ0v) is 15.4. The number of benzene rings is 1. The van der Waals surface area contributed by atoms with E-state index in [9.17, 15) is 4.39 Å². The number of hydrogen-bond acceptors (Lipinski definition) is 5. The molecule has 3 aromatic heterocycles. The number of halogens is 1. The predicted molar refractivity (Wildman–Crippen MR) is 103 cm³/mol. The number of aromatic amines is 1. The molecule has 0 aliphatic rings. The molecule has 1 atom stereocenters. The van der Waals surface area contributed by atoms with Crippen molar-refractivity contribution in [2.75, 3.05) is 0 Å². The van der Waals surface area contributed by atoms with Gasteiger partial charge in [0.15, 0.2) is 0 Å². The van der Waals surface area contributed by atoms with E-state index in [0.717, 1.165) is 34.0 Å². The van der Waals surface area contributed by atoms with Gasteiger partial charge in [0.05, 0.1) is 23.3 Å². The molecule has 0 saturated carbocycles. The first kappa shape index (κ1) is 17.9. The summed E-state index contributed by atoms with van der Waals surface area (Å²) in [4.78, 5) is 17.9. The van der Waals surface area contributed by atoms with Gasteiger partial charge < -0.3 is 0 Å². The Balaban J connectivity index is 1.64. The van der Waals surface area contributed by atoms with Gasteiger partial charge in [0, 0.05) is 43.2 Å². The van der Waals surface area contributed by atoms with E-state index in [1.807, 2.05) is 12.3 Å². The van der Waals surface area contributed by atoms with Crippen molar-refractivity contribution in [2.24, 2.45) is 0 Å². The van der Waals surface area contributed by atoms with Crippen molar-refractivity contribution < 1.29 is 4.39 Å². The van der Waals surface area contributed by atoms with Gasteiger partial charge in [-0.2, -0.15) is 5.10 Å². The van der Waals surface area contributed by atoms with Crippen molar-refractivity contribution in [3.63, 3.8) is 0 Å². The summed E-state index contributed by atoms with van der Waals surface area (Å²) in [5, 5.41) is 6.84. The van der Waals surface area contributed by atoms with E-state index in [1.165, 1.54) is 12.1 Å². The molecule has 28 heavy (non-hydrogen) atoms. The highest BCUT2D eigenvalue weighted by molar-refractivity contribution is 5.57. The van der Waals surface area contributed by atoms with Gasteiger partial charge in [-0.05, 0) is 29.7 Å². The molecule has 4 aromatic rings. The Kier molecular flexibility index (Phi) is 5.14. The van der Waals surface area contributed by atoms with E-state index in [0.29, 0.717) is 12.8 Å². The van der Waals surface area contributed by atoms with E-state index in [-0.39, 0.29) is 11.7 Å². The van der Waals surface area contributed by atoms with Crippen LogP contribution in [0.1, 0.15) is 35.6 Å². The molecule has 140 valence electrons. The Labute approximate surface area is 162 Å². The molecule has 0 bridgehead atoms. The highest BCUT2D eigenvalue weighted by Crippen LogP contribution is 2.22. The zero-order chi connectivity index (χ0) is 19.3. The van der Waals surface area contributed by atoms with Crippen LogP contribution >= 0.6 is 0 Å². The number of aromatic nitrogens is 6. The molecule has 0 radical (unpaired) electrons. The molecule has 0 aliphatic carbocycles. The monoisotopic (exact) mass is 374 g/mol. The maximum atomic E-state index is 13.2. The minimum atomic E-state index is -0.236. The fraction of sp³-hybridized carbons (Fsp3) is 0.190. The SMILES string of the molecule is C[C@H](Cc1nc(Cc2cnccn2)cc(-c2cn[nH]c2)n1)c1ccc(F)cc1. The molecule has 0 unspecified atom stereocenters. The third-order valence-corrected chi connectivity index (χ3v) is 4.53. The van der Waals surface area contributed by atoms with Crippen LogP contribution in [0.4, 0.5) is 4.39 Å². The molecule has 6 nitrogen and oxygen atoms in total. The maximum Gasteiger partial charge on any atom is 0.129 e. The Morgan fingerprint density at radius 2 is 1.89 bits per heavy atom. The van der Waals surface area contributed by atoms with Crippen LogP contribution in [0.25, 0.3) is 11.3 Å². The van der Waals surface area contributed by atoms with Crippen LogP contribution in [0, 0.1) is 5.82 Å². The van der Waals surface area contributed by atoms with Crippen LogP contribution in [0.2, 0.25) is 0 Å². The quantitative estimate of drug-likeness (QED) is 0.556.